The number of ether oxygens (including phenoxy) is 1. The number of carbonyl (C=O) groups excluding carboxylic acids is 1. The Hall–Kier alpha value is -3.07. The zero-order chi connectivity index (χ0) is 18.0. The van der Waals surface area contributed by atoms with Crippen LogP contribution in [0.2, 0.25) is 0 Å². The molecule has 3 nitrogen and oxygen atoms in total. The van der Waals surface area contributed by atoms with Crippen LogP contribution >= 0.6 is 0 Å². The molecular formula is C23H21NO2. The third kappa shape index (κ3) is 2.97. The first kappa shape index (κ1) is 16.4. The smallest absolute Gasteiger partial charge is 0.235 e. The summed E-state index contributed by atoms with van der Waals surface area (Å²) in [4.78, 5) is 13.1. The monoisotopic (exact) mass is 343 g/mol. The minimum absolute atomic E-state index is 0.0612. The fourth-order valence-electron chi connectivity index (χ4n) is 3.39. The third-order valence-corrected chi connectivity index (χ3v) is 5.09. The lowest BCUT2D eigenvalue weighted by Crippen LogP contribution is -2.28. The standard InChI is InChI=1S/C23H21NO2/c1-26-19-13-11-18(12-14-19)23(15-16-23)22(25)24-21-10-6-5-9-20(21)17-7-3-2-4-8-17/h2-14H,15-16H2,1H3,(H,24,25). The van der Waals surface area contributed by atoms with E-state index in [0.717, 1.165) is 41.0 Å². The highest BCUT2D eigenvalue weighted by molar-refractivity contribution is 6.03. The van der Waals surface area contributed by atoms with Gasteiger partial charge in [-0.05, 0) is 42.2 Å². The molecule has 1 N–H and O–H groups in total. The van der Waals surface area contributed by atoms with Gasteiger partial charge in [-0.15, -0.1) is 0 Å². The number of carbonyl (C=O) groups is 1. The summed E-state index contributed by atoms with van der Waals surface area (Å²) in [5.74, 6) is 0.866. The highest BCUT2D eigenvalue weighted by Crippen LogP contribution is 2.49. The number of anilines is 1. The van der Waals surface area contributed by atoms with E-state index in [1.54, 1.807) is 7.11 Å². The van der Waals surface area contributed by atoms with Crippen LogP contribution in [0, 0.1) is 0 Å². The molecule has 0 spiro atoms. The number of nitrogens with one attached hydrogen (secondary N) is 1. The first-order chi connectivity index (χ1) is 12.7. The zero-order valence-electron chi connectivity index (χ0n) is 14.7. The van der Waals surface area contributed by atoms with Crippen LogP contribution in [0.3, 0.4) is 0 Å². The van der Waals surface area contributed by atoms with E-state index in [2.05, 4.69) is 17.4 Å². The molecule has 3 heteroatoms. The summed E-state index contributed by atoms with van der Waals surface area (Å²) in [5.41, 5.74) is 3.61. The molecule has 1 fully saturated rings. The number of methoxy groups -OCH3 is 1. The predicted octanol–water partition coefficient (Wildman–Crippen LogP) is 5.03. The number of amides is 1. The Morgan fingerprint density at radius 3 is 2.19 bits per heavy atom. The van der Waals surface area contributed by atoms with E-state index in [4.69, 9.17) is 4.74 Å². The summed E-state index contributed by atoms with van der Waals surface area (Å²) in [7, 11) is 1.65. The maximum Gasteiger partial charge on any atom is 0.235 e. The maximum atomic E-state index is 13.1. The lowest BCUT2D eigenvalue weighted by molar-refractivity contribution is -0.118. The number of hydrogen-bond acceptors (Lipinski definition) is 2. The van der Waals surface area contributed by atoms with Crippen LogP contribution in [0.4, 0.5) is 5.69 Å². The molecule has 0 saturated heterocycles. The van der Waals surface area contributed by atoms with Crippen LogP contribution in [0.25, 0.3) is 11.1 Å². The molecule has 26 heavy (non-hydrogen) atoms. The molecule has 0 radical (unpaired) electrons. The Balaban J connectivity index is 1.61. The Morgan fingerprint density at radius 2 is 1.54 bits per heavy atom. The largest absolute Gasteiger partial charge is 0.497 e. The molecule has 0 heterocycles. The van der Waals surface area contributed by atoms with E-state index in [0.29, 0.717) is 0 Å². The second-order valence-corrected chi connectivity index (χ2v) is 6.68. The van der Waals surface area contributed by atoms with Crippen molar-refractivity contribution < 1.29 is 9.53 Å². The van der Waals surface area contributed by atoms with Crippen LogP contribution in [0.5, 0.6) is 5.75 Å². The molecular weight excluding hydrogens is 322 g/mol. The number of rotatable bonds is 5. The van der Waals surface area contributed by atoms with Crippen LogP contribution in [-0.4, -0.2) is 13.0 Å². The zero-order valence-corrected chi connectivity index (χ0v) is 14.7. The fraction of sp³-hybridized carbons (Fsp3) is 0.174. The van der Waals surface area contributed by atoms with Gasteiger partial charge in [-0.3, -0.25) is 4.79 Å². The molecule has 1 saturated carbocycles. The van der Waals surface area contributed by atoms with E-state index in [1.165, 1.54) is 0 Å². The normalized spacial score (nSPS) is 14.5. The Morgan fingerprint density at radius 1 is 0.885 bits per heavy atom. The summed E-state index contributed by atoms with van der Waals surface area (Å²) < 4.78 is 5.22. The van der Waals surface area contributed by atoms with Crippen LogP contribution in [0.15, 0.2) is 78.9 Å². The summed E-state index contributed by atoms with van der Waals surface area (Å²) in [6, 6.07) is 25.9. The average Bonchev–Trinajstić information content (AvgIpc) is 3.51. The average molecular weight is 343 g/mol. The van der Waals surface area contributed by atoms with Crippen molar-refractivity contribution in [2.75, 3.05) is 12.4 Å². The van der Waals surface area contributed by atoms with E-state index in [1.807, 2.05) is 66.7 Å². The molecule has 1 amide bonds. The Kier molecular flexibility index (Phi) is 4.21. The maximum absolute atomic E-state index is 13.1. The van der Waals surface area contributed by atoms with E-state index < -0.39 is 5.41 Å². The van der Waals surface area contributed by atoms with Crippen LogP contribution in [0.1, 0.15) is 18.4 Å². The minimum Gasteiger partial charge on any atom is -0.497 e. The number of para-hydroxylation sites is 1. The van der Waals surface area contributed by atoms with Crippen molar-refractivity contribution in [2.45, 2.75) is 18.3 Å². The lowest BCUT2D eigenvalue weighted by Gasteiger charge is -2.18. The second kappa shape index (κ2) is 6.68. The molecule has 3 aromatic rings. The third-order valence-electron chi connectivity index (χ3n) is 5.09. The second-order valence-electron chi connectivity index (χ2n) is 6.68. The lowest BCUT2D eigenvalue weighted by atomic mass is 9.94. The van der Waals surface area contributed by atoms with Crippen molar-refractivity contribution in [1.29, 1.82) is 0 Å². The van der Waals surface area contributed by atoms with Gasteiger partial charge in [0.2, 0.25) is 5.91 Å². The summed E-state index contributed by atoms with van der Waals surface area (Å²) >= 11 is 0. The van der Waals surface area contributed by atoms with Crippen molar-refractivity contribution in [3.8, 4) is 16.9 Å². The first-order valence-corrected chi connectivity index (χ1v) is 8.83. The Bertz CT molecular complexity index is 912. The van der Waals surface area contributed by atoms with Crippen LogP contribution < -0.4 is 10.1 Å². The van der Waals surface area contributed by atoms with Gasteiger partial charge in [0.15, 0.2) is 0 Å². The molecule has 0 aromatic heterocycles. The van der Waals surface area contributed by atoms with Crippen molar-refractivity contribution in [1.82, 2.24) is 0 Å². The molecule has 0 aliphatic heterocycles. The predicted molar refractivity (Wildman–Crippen MR) is 104 cm³/mol. The van der Waals surface area contributed by atoms with E-state index >= 15 is 0 Å². The minimum atomic E-state index is -0.421. The molecule has 1 aliphatic rings. The van der Waals surface area contributed by atoms with Crippen molar-refractivity contribution in [3.05, 3.63) is 84.4 Å². The molecule has 4 rings (SSSR count). The SMILES string of the molecule is COc1ccc(C2(C(=O)Nc3ccccc3-c3ccccc3)CC2)cc1. The summed E-state index contributed by atoms with van der Waals surface area (Å²) in [6.07, 6.45) is 1.75. The van der Waals surface area contributed by atoms with Gasteiger partial charge in [0.05, 0.1) is 12.5 Å². The van der Waals surface area contributed by atoms with Gasteiger partial charge >= 0.3 is 0 Å². The first-order valence-electron chi connectivity index (χ1n) is 8.83. The van der Waals surface area contributed by atoms with Gasteiger partial charge < -0.3 is 10.1 Å². The summed E-state index contributed by atoms with van der Waals surface area (Å²) in [5, 5.41) is 3.17. The Labute approximate surface area is 153 Å². The summed E-state index contributed by atoms with van der Waals surface area (Å²) in [6.45, 7) is 0. The number of hydrogen-bond donors (Lipinski definition) is 1. The highest BCUT2D eigenvalue weighted by Gasteiger charge is 2.51. The van der Waals surface area contributed by atoms with Gasteiger partial charge in [-0.1, -0.05) is 60.7 Å². The van der Waals surface area contributed by atoms with Crippen molar-refractivity contribution >= 4 is 11.6 Å². The molecule has 0 atom stereocenters. The van der Waals surface area contributed by atoms with Crippen molar-refractivity contribution in [2.24, 2.45) is 0 Å². The topological polar surface area (TPSA) is 38.3 Å². The van der Waals surface area contributed by atoms with E-state index in [9.17, 15) is 4.79 Å². The number of benzene rings is 3. The van der Waals surface area contributed by atoms with Crippen molar-refractivity contribution in [3.63, 3.8) is 0 Å². The molecule has 0 bridgehead atoms. The van der Waals surface area contributed by atoms with Gasteiger partial charge in [0.1, 0.15) is 5.75 Å². The fourth-order valence-corrected chi connectivity index (χ4v) is 3.39. The quantitative estimate of drug-likeness (QED) is 0.705. The van der Waals surface area contributed by atoms with Gasteiger partial charge in [0, 0.05) is 11.3 Å². The van der Waals surface area contributed by atoms with Gasteiger partial charge in [0.25, 0.3) is 0 Å². The molecule has 0 unspecified atom stereocenters. The van der Waals surface area contributed by atoms with Gasteiger partial charge in [-0.25, -0.2) is 0 Å². The molecule has 3 aromatic carbocycles. The highest BCUT2D eigenvalue weighted by atomic mass is 16.5. The van der Waals surface area contributed by atoms with Gasteiger partial charge in [-0.2, -0.15) is 0 Å². The van der Waals surface area contributed by atoms with Crippen LogP contribution in [-0.2, 0) is 10.2 Å². The molecule has 130 valence electrons. The van der Waals surface area contributed by atoms with E-state index in [-0.39, 0.29) is 5.91 Å². The molecule has 1 aliphatic carbocycles.